The van der Waals surface area contributed by atoms with Gasteiger partial charge >= 0.3 is 0 Å². The molecule has 0 unspecified atom stereocenters. The molecular weight excluding hydrogens is 869 g/mol. The van der Waals surface area contributed by atoms with E-state index in [-0.39, 0.29) is 0 Å². The predicted molar refractivity (Wildman–Crippen MR) is 298 cm³/mol. The first-order chi connectivity index (χ1) is 35.2. The molecule has 7 heterocycles. The van der Waals surface area contributed by atoms with Crippen molar-refractivity contribution in [3.63, 3.8) is 0 Å². The molecule has 13 aromatic rings. The summed E-state index contributed by atoms with van der Waals surface area (Å²) in [5.74, 6) is 0. The van der Waals surface area contributed by atoms with Crippen LogP contribution in [0.25, 0.3) is 122 Å². The molecule has 0 saturated heterocycles. The van der Waals surface area contributed by atoms with Crippen LogP contribution < -0.4 is 0 Å². The maximum atomic E-state index is 6.85. The molecule has 0 N–H and O–H groups in total. The Morgan fingerprint density at radius 2 is 0.901 bits per heavy atom. The Morgan fingerprint density at radius 1 is 0.394 bits per heavy atom. The van der Waals surface area contributed by atoms with Gasteiger partial charge in [0.15, 0.2) is 5.58 Å². The highest BCUT2D eigenvalue weighted by Crippen LogP contribution is 2.42. The van der Waals surface area contributed by atoms with Crippen LogP contribution in [0.1, 0.15) is 27.7 Å². The Morgan fingerprint density at radius 3 is 1.44 bits per heavy atom. The van der Waals surface area contributed by atoms with Gasteiger partial charge in [0.05, 0.1) is 50.2 Å². The van der Waals surface area contributed by atoms with Crippen molar-refractivity contribution in [1.82, 2.24) is 29.1 Å². The van der Waals surface area contributed by atoms with E-state index >= 15 is 0 Å². The number of nitrogens with zero attached hydrogens (tertiary/aromatic N) is 6. The average molecular weight is 921 g/mol. The fourth-order valence-electron chi connectivity index (χ4n) is 9.59. The lowest BCUT2D eigenvalue weighted by molar-refractivity contribution is 0.666. The standard InChI is InChI=1S/C56H34N6O.C4H6.2C2H6/c1-3-14-40(46-17-5-7-28-57-46)38(12-1)35-22-25-48-44(32-35)54-50(20-10-30-59-54)61(48)37-24-27-53-43(34-37)42-16-9-19-52(56(42)63-53)62-49-26-23-36(33-45(49)55-51(62)21-11-31-60-55)39-13-2-4-15-41(39)47-18-6-8-29-58-47;1-3-4-2;2*1-2/h1-34H;3-4H,1-2H2;2*1-2H3. The monoisotopic (exact) mass is 920 g/mol. The molecule has 0 spiro atoms. The van der Waals surface area contributed by atoms with E-state index < -0.39 is 0 Å². The highest BCUT2D eigenvalue weighted by Gasteiger charge is 2.21. The van der Waals surface area contributed by atoms with E-state index in [1.807, 2.05) is 88.9 Å². The Balaban J connectivity index is 0.000000687. The van der Waals surface area contributed by atoms with Gasteiger partial charge in [-0.3, -0.25) is 19.9 Å². The van der Waals surface area contributed by atoms with Gasteiger partial charge in [0.25, 0.3) is 0 Å². The van der Waals surface area contributed by atoms with Crippen LogP contribution in [0.5, 0.6) is 0 Å². The second-order valence-electron chi connectivity index (χ2n) is 16.3. The molecule has 0 saturated carbocycles. The zero-order chi connectivity index (χ0) is 48.8. The molecule has 0 aliphatic carbocycles. The van der Waals surface area contributed by atoms with Crippen molar-refractivity contribution in [3.8, 4) is 56.1 Å². The summed E-state index contributed by atoms with van der Waals surface area (Å²) in [5, 5.41) is 4.23. The SMILES string of the molecule is C=CC=C.CC.CC.c1ccc(-c2ccccc2-c2ccc3c(c2)c2ncccc2n3-c2ccc3oc4c(-n5c6ccc(-c7ccccc7-c7ccccn7)cc6c6ncccc65)cccc4c3c2)nc1. The number of pyridine rings is 4. The Labute approximate surface area is 413 Å². The van der Waals surface area contributed by atoms with Crippen molar-refractivity contribution in [2.75, 3.05) is 0 Å². The van der Waals surface area contributed by atoms with Crippen LogP contribution in [-0.2, 0) is 0 Å². The molecule has 6 aromatic carbocycles. The number of para-hydroxylation sites is 1. The van der Waals surface area contributed by atoms with E-state index in [1.165, 1.54) is 0 Å². The van der Waals surface area contributed by atoms with Gasteiger partial charge in [-0.1, -0.05) is 138 Å². The summed E-state index contributed by atoms with van der Waals surface area (Å²) in [6.07, 6.45) is 10.7. The number of hydrogen-bond acceptors (Lipinski definition) is 5. The van der Waals surface area contributed by atoms with Gasteiger partial charge in [0, 0.05) is 63.1 Å². The first-order valence-electron chi connectivity index (χ1n) is 24.2. The largest absolute Gasteiger partial charge is 0.454 e. The Bertz CT molecular complexity index is 4030. The Hall–Kier alpha value is -9.20. The lowest BCUT2D eigenvalue weighted by Gasteiger charge is -2.11. The highest BCUT2D eigenvalue weighted by molar-refractivity contribution is 6.14. The molecule has 7 aromatic heterocycles. The van der Waals surface area contributed by atoms with Crippen molar-refractivity contribution in [1.29, 1.82) is 0 Å². The molecule has 0 bridgehead atoms. The number of hydrogen-bond donors (Lipinski definition) is 0. The van der Waals surface area contributed by atoms with Crippen molar-refractivity contribution < 1.29 is 4.42 Å². The molecule has 0 aliphatic heterocycles. The normalized spacial score (nSPS) is 10.9. The number of benzene rings is 6. The molecule has 0 atom stereocenters. The first-order valence-corrected chi connectivity index (χ1v) is 24.2. The third kappa shape index (κ3) is 8.13. The molecule has 0 radical (unpaired) electrons. The quantitative estimate of drug-likeness (QED) is 0.149. The van der Waals surface area contributed by atoms with Crippen LogP contribution >= 0.6 is 0 Å². The summed E-state index contributed by atoms with van der Waals surface area (Å²) in [4.78, 5) is 19.2. The van der Waals surface area contributed by atoms with Crippen molar-refractivity contribution in [2.24, 2.45) is 0 Å². The molecule has 0 fully saturated rings. The van der Waals surface area contributed by atoms with E-state index in [1.54, 1.807) is 12.2 Å². The van der Waals surface area contributed by atoms with Crippen LogP contribution in [0.2, 0.25) is 0 Å². The molecule has 13 rings (SSSR count). The van der Waals surface area contributed by atoms with Gasteiger partial charge in [-0.2, -0.15) is 0 Å². The predicted octanol–water partition coefficient (Wildman–Crippen LogP) is 17.4. The summed E-state index contributed by atoms with van der Waals surface area (Å²) >= 11 is 0. The fraction of sp³-hybridized carbons (Fsp3) is 0.0625. The molecular formula is C64H52N6O. The molecule has 0 amide bonds. The topological polar surface area (TPSA) is 74.6 Å². The van der Waals surface area contributed by atoms with Crippen molar-refractivity contribution in [3.05, 3.63) is 232 Å². The van der Waals surface area contributed by atoms with E-state index in [0.717, 1.165) is 122 Å². The van der Waals surface area contributed by atoms with Gasteiger partial charge in [0.2, 0.25) is 0 Å². The maximum Gasteiger partial charge on any atom is 0.159 e. The number of rotatable bonds is 7. The average Bonchev–Trinajstić information content (AvgIpc) is 4.12. The molecule has 7 nitrogen and oxygen atoms in total. The van der Waals surface area contributed by atoms with E-state index in [2.05, 4.69) is 178 Å². The summed E-state index contributed by atoms with van der Waals surface area (Å²) < 4.78 is 11.5. The molecule has 71 heavy (non-hydrogen) atoms. The summed E-state index contributed by atoms with van der Waals surface area (Å²) in [6, 6.07) is 63.6. The number of fused-ring (bicyclic) bond motifs is 9. The zero-order valence-electron chi connectivity index (χ0n) is 40.3. The number of aromatic nitrogens is 6. The minimum absolute atomic E-state index is 0.817. The van der Waals surface area contributed by atoms with Crippen LogP contribution in [0, 0.1) is 0 Å². The van der Waals surface area contributed by atoms with Crippen LogP contribution in [-0.4, -0.2) is 29.1 Å². The van der Waals surface area contributed by atoms with Gasteiger partial charge < -0.3 is 13.6 Å². The highest BCUT2D eigenvalue weighted by atomic mass is 16.3. The van der Waals surface area contributed by atoms with Gasteiger partial charge in [0.1, 0.15) is 5.58 Å². The third-order valence-corrected chi connectivity index (χ3v) is 12.5. The van der Waals surface area contributed by atoms with Crippen LogP contribution in [0.3, 0.4) is 0 Å². The minimum Gasteiger partial charge on any atom is -0.454 e. The first kappa shape index (κ1) is 45.6. The molecule has 0 aliphatic rings. The second-order valence-corrected chi connectivity index (χ2v) is 16.3. The van der Waals surface area contributed by atoms with Crippen LogP contribution in [0.4, 0.5) is 0 Å². The molecule has 344 valence electrons. The zero-order valence-corrected chi connectivity index (χ0v) is 40.3. The van der Waals surface area contributed by atoms with E-state index in [4.69, 9.17) is 14.4 Å². The van der Waals surface area contributed by atoms with Crippen molar-refractivity contribution in [2.45, 2.75) is 27.7 Å². The van der Waals surface area contributed by atoms with Gasteiger partial charge in [-0.25, -0.2) is 0 Å². The third-order valence-electron chi connectivity index (χ3n) is 12.5. The van der Waals surface area contributed by atoms with E-state index in [0.29, 0.717) is 0 Å². The van der Waals surface area contributed by atoms with Gasteiger partial charge in [-0.15, -0.1) is 0 Å². The number of furan rings is 1. The number of allylic oxidation sites excluding steroid dienone is 2. The summed E-state index contributed by atoms with van der Waals surface area (Å²) in [7, 11) is 0. The lowest BCUT2D eigenvalue weighted by Crippen LogP contribution is -1.94. The second kappa shape index (κ2) is 20.2. The van der Waals surface area contributed by atoms with Crippen molar-refractivity contribution >= 4 is 65.8 Å². The maximum absolute atomic E-state index is 6.85. The Kier molecular flexibility index (Phi) is 13.0. The smallest absolute Gasteiger partial charge is 0.159 e. The summed E-state index contributed by atoms with van der Waals surface area (Å²) in [6.45, 7) is 14.7. The fourth-order valence-corrected chi connectivity index (χ4v) is 9.59. The summed E-state index contributed by atoms with van der Waals surface area (Å²) in [5.41, 5.74) is 18.2. The van der Waals surface area contributed by atoms with Crippen LogP contribution in [0.15, 0.2) is 237 Å². The lowest BCUT2D eigenvalue weighted by atomic mass is 9.96. The van der Waals surface area contributed by atoms with Gasteiger partial charge in [-0.05, 0) is 119 Å². The molecule has 7 heteroatoms. The van der Waals surface area contributed by atoms with E-state index in [9.17, 15) is 0 Å². The minimum atomic E-state index is 0.817.